The molecule has 1 aromatic carbocycles. The number of hydrogen-bond donors (Lipinski definition) is 1. The molecule has 0 saturated heterocycles. The minimum atomic E-state index is -3.12. The van der Waals surface area contributed by atoms with Crippen LogP contribution in [0.5, 0.6) is 0 Å². The lowest BCUT2D eigenvalue weighted by molar-refractivity contribution is 0.553. The molecule has 116 valence electrons. The van der Waals surface area contributed by atoms with Crippen molar-refractivity contribution < 1.29 is 8.42 Å². The first-order valence-corrected chi connectivity index (χ1v) is 8.85. The van der Waals surface area contributed by atoms with Crippen LogP contribution < -0.4 is 5.32 Å². The van der Waals surface area contributed by atoms with E-state index in [-0.39, 0.29) is 5.75 Å². The van der Waals surface area contributed by atoms with Crippen LogP contribution in [0.1, 0.15) is 26.5 Å². The molecule has 1 aromatic heterocycles. The standard InChI is InChI=1S/C16H24N2O2S/c1-16(2,3)21(19,20)10-9-18-14(12-17-4)11-13-7-5-6-8-15(13)18/h5-8,11,17H,9-10,12H2,1-4H3. The molecule has 0 amide bonds. The highest BCUT2D eigenvalue weighted by atomic mass is 32.2. The fourth-order valence-electron chi connectivity index (χ4n) is 2.38. The van der Waals surface area contributed by atoms with E-state index in [0.29, 0.717) is 6.54 Å². The molecular formula is C16H24N2O2S. The van der Waals surface area contributed by atoms with Crippen molar-refractivity contribution in [2.24, 2.45) is 0 Å². The maximum atomic E-state index is 12.3. The largest absolute Gasteiger partial charge is 0.342 e. The molecule has 0 fully saturated rings. The van der Waals surface area contributed by atoms with Gasteiger partial charge in [0.1, 0.15) is 0 Å². The Bertz CT molecular complexity index is 724. The van der Waals surface area contributed by atoms with Crippen molar-refractivity contribution >= 4 is 20.7 Å². The van der Waals surface area contributed by atoms with Crippen LogP contribution in [-0.2, 0) is 22.9 Å². The summed E-state index contributed by atoms with van der Waals surface area (Å²) in [6.07, 6.45) is 0. The third-order valence-corrected chi connectivity index (χ3v) is 6.36. The van der Waals surface area contributed by atoms with Crippen molar-refractivity contribution in [2.45, 2.75) is 38.6 Å². The zero-order valence-electron chi connectivity index (χ0n) is 13.2. The Kier molecular flexibility index (Phi) is 4.44. The smallest absolute Gasteiger partial charge is 0.156 e. The summed E-state index contributed by atoms with van der Waals surface area (Å²) in [6.45, 7) is 6.48. The fraction of sp³-hybridized carbons (Fsp3) is 0.500. The van der Waals surface area contributed by atoms with Gasteiger partial charge in [-0.15, -0.1) is 0 Å². The van der Waals surface area contributed by atoms with Crippen molar-refractivity contribution in [2.75, 3.05) is 12.8 Å². The molecule has 2 rings (SSSR count). The normalized spacial score (nSPS) is 13.0. The maximum absolute atomic E-state index is 12.3. The fourth-order valence-corrected chi connectivity index (χ4v) is 3.41. The second-order valence-electron chi connectivity index (χ2n) is 6.31. The number of hydrogen-bond acceptors (Lipinski definition) is 3. The van der Waals surface area contributed by atoms with E-state index in [9.17, 15) is 8.42 Å². The minimum absolute atomic E-state index is 0.159. The van der Waals surface area contributed by atoms with E-state index in [1.54, 1.807) is 20.8 Å². The molecule has 0 unspecified atom stereocenters. The van der Waals surface area contributed by atoms with E-state index in [0.717, 1.165) is 23.1 Å². The van der Waals surface area contributed by atoms with Gasteiger partial charge < -0.3 is 9.88 Å². The Morgan fingerprint density at radius 1 is 1.19 bits per heavy atom. The molecule has 0 atom stereocenters. The lowest BCUT2D eigenvalue weighted by atomic mass is 10.2. The third-order valence-electron chi connectivity index (χ3n) is 3.77. The summed E-state index contributed by atoms with van der Waals surface area (Å²) in [7, 11) is -1.22. The van der Waals surface area contributed by atoms with Crippen molar-refractivity contribution in [1.29, 1.82) is 0 Å². The number of aromatic nitrogens is 1. The molecule has 0 radical (unpaired) electrons. The van der Waals surface area contributed by atoms with E-state index in [2.05, 4.69) is 22.0 Å². The van der Waals surface area contributed by atoms with Gasteiger partial charge in [-0.25, -0.2) is 8.42 Å². The summed E-state index contributed by atoms with van der Waals surface area (Å²) >= 11 is 0. The summed E-state index contributed by atoms with van der Waals surface area (Å²) in [5.41, 5.74) is 2.20. The highest BCUT2D eigenvalue weighted by molar-refractivity contribution is 7.92. The SMILES string of the molecule is CNCc1cc2ccccc2n1CCS(=O)(=O)C(C)(C)C. The van der Waals surface area contributed by atoms with Gasteiger partial charge in [0.05, 0.1) is 10.5 Å². The predicted octanol–water partition coefficient (Wildman–Crippen LogP) is 2.57. The predicted molar refractivity (Wildman–Crippen MR) is 88.2 cm³/mol. The van der Waals surface area contributed by atoms with Gasteiger partial charge in [0.15, 0.2) is 9.84 Å². The van der Waals surface area contributed by atoms with E-state index >= 15 is 0 Å². The van der Waals surface area contributed by atoms with Crippen LogP contribution in [0, 0.1) is 0 Å². The molecule has 2 aromatic rings. The van der Waals surface area contributed by atoms with Gasteiger partial charge in [0.25, 0.3) is 0 Å². The highest BCUT2D eigenvalue weighted by Crippen LogP contribution is 2.22. The van der Waals surface area contributed by atoms with Gasteiger partial charge in [-0.2, -0.15) is 0 Å². The zero-order chi connectivity index (χ0) is 15.7. The number of nitrogens with zero attached hydrogens (tertiary/aromatic N) is 1. The molecule has 4 nitrogen and oxygen atoms in total. The molecule has 5 heteroatoms. The summed E-state index contributed by atoms with van der Waals surface area (Å²) in [5, 5.41) is 4.29. The average Bonchev–Trinajstić information content (AvgIpc) is 2.73. The van der Waals surface area contributed by atoms with Gasteiger partial charge in [-0.1, -0.05) is 18.2 Å². The lowest BCUT2D eigenvalue weighted by Gasteiger charge is -2.20. The van der Waals surface area contributed by atoms with Crippen LogP contribution in [0.25, 0.3) is 10.9 Å². The van der Waals surface area contributed by atoms with Crippen LogP contribution in [0.3, 0.4) is 0 Å². The minimum Gasteiger partial charge on any atom is -0.342 e. The summed E-state index contributed by atoms with van der Waals surface area (Å²) < 4.78 is 26.0. The molecular weight excluding hydrogens is 284 g/mol. The van der Waals surface area contributed by atoms with Gasteiger partial charge >= 0.3 is 0 Å². The van der Waals surface area contributed by atoms with Crippen LogP contribution in [0.2, 0.25) is 0 Å². The quantitative estimate of drug-likeness (QED) is 0.923. The van der Waals surface area contributed by atoms with Crippen LogP contribution in [0.4, 0.5) is 0 Å². The zero-order valence-corrected chi connectivity index (χ0v) is 14.0. The van der Waals surface area contributed by atoms with E-state index in [1.165, 1.54) is 0 Å². The number of aryl methyl sites for hydroxylation is 1. The lowest BCUT2D eigenvalue weighted by Crippen LogP contribution is -2.32. The molecule has 0 aliphatic carbocycles. The Morgan fingerprint density at radius 3 is 2.48 bits per heavy atom. The number of rotatable bonds is 5. The van der Waals surface area contributed by atoms with Gasteiger partial charge in [0, 0.05) is 24.3 Å². The average molecular weight is 308 g/mol. The van der Waals surface area contributed by atoms with Crippen LogP contribution >= 0.6 is 0 Å². The monoisotopic (exact) mass is 308 g/mol. The van der Waals surface area contributed by atoms with Crippen molar-refractivity contribution in [1.82, 2.24) is 9.88 Å². The van der Waals surface area contributed by atoms with Crippen molar-refractivity contribution in [3.05, 3.63) is 36.0 Å². The molecule has 0 aliphatic rings. The molecule has 0 aliphatic heterocycles. The molecule has 0 spiro atoms. The first-order valence-electron chi connectivity index (χ1n) is 7.20. The highest BCUT2D eigenvalue weighted by Gasteiger charge is 2.28. The van der Waals surface area contributed by atoms with E-state index in [4.69, 9.17) is 0 Å². The van der Waals surface area contributed by atoms with Gasteiger partial charge in [-0.05, 0) is 45.3 Å². The second-order valence-corrected chi connectivity index (χ2v) is 9.17. The first-order chi connectivity index (χ1) is 9.76. The Balaban J connectivity index is 2.35. The number of nitrogens with one attached hydrogen (secondary N) is 1. The summed E-state index contributed by atoms with van der Waals surface area (Å²) in [4.78, 5) is 0. The maximum Gasteiger partial charge on any atom is 0.156 e. The number of fused-ring (bicyclic) bond motifs is 1. The topological polar surface area (TPSA) is 51.1 Å². The number of sulfone groups is 1. The molecule has 1 N–H and O–H groups in total. The van der Waals surface area contributed by atoms with E-state index < -0.39 is 14.6 Å². The van der Waals surface area contributed by atoms with Crippen LogP contribution in [0.15, 0.2) is 30.3 Å². The molecule has 1 heterocycles. The molecule has 21 heavy (non-hydrogen) atoms. The third kappa shape index (κ3) is 3.30. The first kappa shape index (κ1) is 16.0. The Hall–Kier alpha value is -1.33. The summed E-state index contributed by atoms with van der Waals surface area (Å²) in [5.74, 6) is 0.159. The van der Waals surface area contributed by atoms with Gasteiger partial charge in [0.2, 0.25) is 0 Å². The second kappa shape index (κ2) is 5.81. The van der Waals surface area contributed by atoms with Crippen molar-refractivity contribution in [3.63, 3.8) is 0 Å². The van der Waals surface area contributed by atoms with Gasteiger partial charge in [-0.3, -0.25) is 0 Å². The Labute approximate surface area is 127 Å². The number of para-hydroxylation sites is 1. The van der Waals surface area contributed by atoms with Crippen LogP contribution in [-0.4, -0.2) is 30.5 Å². The Morgan fingerprint density at radius 2 is 1.86 bits per heavy atom. The van der Waals surface area contributed by atoms with E-state index in [1.807, 2.05) is 25.2 Å². The molecule has 0 bridgehead atoms. The number of benzene rings is 1. The summed E-state index contributed by atoms with van der Waals surface area (Å²) in [6, 6.07) is 10.2. The van der Waals surface area contributed by atoms with Crippen molar-refractivity contribution in [3.8, 4) is 0 Å². The molecule has 0 saturated carbocycles.